The van der Waals surface area contributed by atoms with E-state index >= 15 is 0 Å². The van der Waals surface area contributed by atoms with E-state index in [4.69, 9.17) is 0 Å². The molecule has 0 unspecified atom stereocenters. The molecule has 1 fully saturated rings. The van der Waals surface area contributed by atoms with Crippen molar-refractivity contribution in [3.63, 3.8) is 0 Å². The summed E-state index contributed by atoms with van der Waals surface area (Å²) in [7, 11) is 1.77. The fourth-order valence-corrected chi connectivity index (χ4v) is 3.25. The number of amides is 1. The van der Waals surface area contributed by atoms with Crippen molar-refractivity contribution in [3.05, 3.63) is 52.2 Å². The van der Waals surface area contributed by atoms with E-state index in [-0.39, 0.29) is 29.8 Å². The monoisotopic (exact) mass is 342 g/mol. The Morgan fingerprint density at radius 2 is 2.16 bits per heavy atom. The molecule has 2 aromatic rings. The van der Waals surface area contributed by atoms with Gasteiger partial charge in [0.1, 0.15) is 6.54 Å². The molecule has 0 bridgehead atoms. The van der Waals surface area contributed by atoms with Crippen LogP contribution in [0.25, 0.3) is 0 Å². The molecule has 1 aliphatic heterocycles. The maximum absolute atomic E-state index is 12.6. The minimum atomic E-state index is -0.185. The summed E-state index contributed by atoms with van der Waals surface area (Å²) in [6, 6.07) is 3.21. The van der Waals surface area contributed by atoms with Gasteiger partial charge in [-0.05, 0) is 31.4 Å². The smallest absolute Gasteiger partial charge is 0.251 e. The van der Waals surface area contributed by atoms with Crippen LogP contribution in [0, 0.1) is 6.92 Å². The summed E-state index contributed by atoms with van der Waals surface area (Å²) in [5, 5.41) is 4.02. The summed E-state index contributed by atoms with van der Waals surface area (Å²) >= 11 is 0. The molecule has 0 aromatic carbocycles. The number of pyridine rings is 1. The van der Waals surface area contributed by atoms with Gasteiger partial charge in [-0.3, -0.25) is 19.1 Å². The molecule has 132 valence electrons. The molecular weight excluding hydrogens is 320 g/mol. The highest BCUT2D eigenvalue weighted by atomic mass is 16.2. The SMILES string of the molecule is Cc1ccn(CC(=O)N2CCC[C@@H]2CC(=O)c2cnn(C)c2)c(=O)c1. The number of Topliss-reactive ketones (excluding diaryl/α,β-unsaturated/α-hetero) is 1. The van der Waals surface area contributed by atoms with E-state index < -0.39 is 0 Å². The molecule has 1 aliphatic rings. The molecule has 1 saturated heterocycles. The van der Waals surface area contributed by atoms with Gasteiger partial charge in [-0.15, -0.1) is 0 Å². The van der Waals surface area contributed by atoms with Gasteiger partial charge in [-0.1, -0.05) is 0 Å². The minimum Gasteiger partial charge on any atom is -0.338 e. The summed E-state index contributed by atoms with van der Waals surface area (Å²) in [5.41, 5.74) is 1.25. The summed E-state index contributed by atoms with van der Waals surface area (Å²) in [6.07, 6.45) is 6.85. The van der Waals surface area contributed by atoms with Crippen molar-refractivity contribution in [2.45, 2.75) is 38.8 Å². The molecule has 1 atom stereocenters. The minimum absolute atomic E-state index is 0.00898. The van der Waals surface area contributed by atoms with E-state index in [9.17, 15) is 14.4 Å². The predicted octanol–water partition coefficient (Wildman–Crippen LogP) is 1.15. The maximum atomic E-state index is 12.6. The third-order valence-corrected chi connectivity index (χ3v) is 4.60. The third-order valence-electron chi connectivity index (χ3n) is 4.60. The summed E-state index contributed by atoms with van der Waals surface area (Å²) in [4.78, 5) is 38.7. The van der Waals surface area contributed by atoms with Crippen molar-refractivity contribution in [1.29, 1.82) is 0 Å². The molecular formula is C18H22N4O3. The Morgan fingerprint density at radius 1 is 1.36 bits per heavy atom. The number of ketones is 1. The maximum Gasteiger partial charge on any atom is 0.251 e. The summed E-state index contributed by atoms with van der Waals surface area (Å²) in [6.45, 7) is 2.48. The molecule has 2 aromatic heterocycles. The van der Waals surface area contributed by atoms with E-state index in [1.807, 2.05) is 13.0 Å². The third kappa shape index (κ3) is 3.87. The van der Waals surface area contributed by atoms with Crippen LogP contribution >= 0.6 is 0 Å². The van der Waals surface area contributed by atoms with Crippen LogP contribution in [-0.4, -0.2) is 43.5 Å². The number of rotatable bonds is 5. The Morgan fingerprint density at radius 3 is 2.84 bits per heavy atom. The van der Waals surface area contributed by atoms with Crippen LogP contribution in [0.2, 0.25) is 0 Å². The lowest BCUT2D eigenvalue weighted by Gasteiger charge is -2.24. The van der Waals surface area contributed by atoms with Gasteiger partial charge < -0.3 is 9.47 Å². The molecule has 3 heterocycles. The van der Waals surface area contributed by atoms with Crippen molar-refractivity contribution in [1.82, 2.24) is 19.2 Å². The molecule has 0 aliphatic carbocycles. The van der Waals surface area contributed by atoms with Crippen LogP contribution in [0.1, 0.15) is 35.2 Å². The number of hydrogen-bond donors (Lipinski definition) is 0. The van der Waals surface area contributed by atoms with E-state index in [0.717, 1.165) is 18.4 Å². The molecule has 1 amide bonds. The van der Waals surface area contributed by atoms with Crippen molar-refractivity contribution < 1.29 is 9.59 Å². The average molecular weight is 342 g/mol. The standard InChI is InChI=1S/C18H22N4O3/c1-13-5-7-21(17(24)8-13)12-18(25)22-6-3-4-15(22)9-16(23)14-10-19-20(2)11-14/h5,7-8,10-11,15H,3-4,6,9,12H2,1-2H3/t15-/m1/s1. The normalized spacial score (nSPS) is 17.0. The first-order valence-corrected chi connectivity index (χ1v) is 8.42. The topological polar surface area (TPSA) is 77.2 Å². The van der Waals surface area contributed by atoms with Crippen molar-refractivity contribution in [3.8, 4) is 0 Å². The second-order valence-corrected chi connectivity index (χ2v) is 6.58. The number of likely N-dealkylation sites (tertiary alicyclic amines) is 1. The van der Waals surface area contributed by atoms with Crippen LogP contribution in [0.4, 0.5) is 0 Å². The summed E-state index contributed by atoms with van der Waals surface area (Å²) in [5.74, 6) is -0.127. The number of nitrogens with zero attached hydrogens (tertiary/aromatic N) is 4. The van der Waals surface area contributed by atoms with Crippen molar-refractivity contribution in [2.75, 3.05) is 6.54 Å². The zero-order chi connectivity index (χ0) is 18.0. The zero-order valence-electron chi connectivity index (χ0n) is 14.5. The molecule has 0 radical (unpaired) electrons. The van der Waals surface area contributed by atoms with E-state index in [0.29, 0.717) is 18.5 Å². The Hall–Kier alpha value is -2.70. The van der Waals surface area contributed by atoms with E-state index in [2.05, 4.69) is 5.10 Å². The van der Waals surface area contributed by atoms with Gasteiger partial charge in [0, 0.05) is 44.5 Å². The lowest BCUT2D eigenvalue weighted by atomic mass is 10.0. The molecule has 0 saturated carbocycles. The second kappa shape index (κ2) is 7.04. The number of hydrogen-bond acceptors (Lipinski definition) is 4. The van der Waals surface area contributed by atoms with Gasteiger partial charge in [0.2, 0.25) is 5.91 Å². The Bertz CT molecular complexity index is 852. The molecule has 0 spiro atoms. The van der Waals surface area contributed by atoms with Gasteiger partial charge in [-0.25, -0.2) is 0 Å². The van der Waals surface area contributed by atoms with Crippen LogP contribution in [0.15, 0.2) is 35.5 Å². The quantitative estimate of drug-likeness (QED) is 0.764. The molecule has 25 heavy (non-hydrogen) atoms. The van der Waals surface area contributed by atoms with Crippen LogP contribution in [0.5, 0.6) is 0 Å². The summed E-state index contributed by atoms with van der Waals surface area (Å²) < 4.78 is 3.00. The van der Waals surface area contributed by atoms with Gasteiger partial charge in [-0.2, -0.15) is 5.10 Å². The lowest BCUT2D eigenvalue weighted by molar-refractivity contribution is -0.132. The molecule has 3 rings (SSSR count). The zero-order valence-corrected chi connectivity index (χ0v) is 14.5. The number of aryl methyl sites for hydroxylation is 2. The van der Waals surface area contributed by atoms with E-state index in [1.54, 1.807) is 35.2 Å². The Balaban J connectivity index is 1.67. The van der Waals surface area contributed by atoms with Crippen LogP contribution < -0.4 is 5.56 Å². The van der Waals surface area contributed by atoms with Crippen molar-refractivity contribution >= 4 is 11.7 Å². The number of carbonyl (C=O) groups excluding carboxylic acids is 2. The molecule has 7 heteroatoms. The molecule has 0 N–H and O–H groups in total. The first-order valence-electron chi connectivity index (χ1n) is 8.42. The van der Waals surface area contributed by atoms with Gasteiger partial charge in [0.25, 0.3) is 5.56 Å². The first-order chi connectivity index (χ1) is 11.9. The largest absolute Gasteiger partial charge is 0.338 e. The van der Waals surface area contributed by atoms with Crippen LogP contribution in [0.3, 0.4) is 0 Å². The lowest BCUT2D eigenvalue weighted by Crippen LogP contribution is -2.40. The highest BCUT2D eigenvalue weighted by Gasteiger charge is 2.30. The Kier molecular flexibility index (Phi) is 4.83. The highest BCUT2D eigenvalue weighted by Crippen LogP contribution is 2.22. The Labute approximate surface area is 145 Å². The van der Waals surface area contributed by atoms with Gasteiger partial charge >= 0.3 is 0 Å². The van der Waals surface area contributed by atoms with Crippen molar-refractivity contribution in [2.24, 2.45) is 7.05 Å². The number of aromatic nitrogens is 3. The van der Waals surface area contributed by atoms with Gasteiger partial charge in [0.05, 0.1) is 11.8 Å². The highest BCUT2D eigenvalue weighted by molar-refractivity contribution is 5.96. The fraction of sp³-hybridized carbons (Fsp3) is 0.444. The molecule has 7 nitrogen and oxygen atoms in total. The first kappa shape index (κ1) is 17.1. The second-order valence-electron chi connectivity index (χ2n) is 6.58. The average Bonchev–Trinajstić information content (AvgIpc) is 3.19. The van der Waals surface area contributed by atoms with Crippen LogP contribution in [-0.2, 0) is 18.4 Å². The number of carbonyl (C=O) groups is 2. The van der Waals surface area contributed by atoms with E-state index in [1.165, 1.54) is 10.6 Å². The van der Waals surface area contributed by atoms with Gasteiger partial charge in [0.15, 0.2) is 5.78 Å². The predicted molar refractivity (Wildman–Crippen MR) is 92.3 cm³/mol. The fourth-order valence-electron chi connectivity index (χ4n) is 3.25.